The van der Waals surface area contributed by atoms with Crippen molar-refractivity contribution in [3.05, 3.63) is 35.7 Å². The van der Waals surface area contributed by atoms with E-state index in [1.807, 2.05) is 38.2 Å². The maximum Gasteiger partial charge on any atom is 0.237 e. The first-order valence-electron chi connectivity index (χ1n) is 8.13. The van der Waals surface area contributed by atoms with Gasteiger partial charge in [-0.25, -0.2) is 0 Å². The summed E-state index contributed by atoms with van der Waals surface area (Å²) < 4.78 is 1.79. The van der Waals surface area contributed by atoms with Crippen molar-refractivity contribution in [2.24, 2.45) is 12.8 Å². The Morgan fingerprint density at radius 2 is 1.96 bits per heavy atom. The molecular formula is C17H23N5O2S. The summed E-state index contributed by atoms with van der Waals surface area (Å²) in [6.45, 7) is 3.91. The number of carbonyl (C=O) groups excluding carboxylic acids is 2. The summed E-state index contributed by atoms with van der Waals surface area (Å²) in [5.41, 5.74) is 7.15. The van der Waals surface area contributed by atoms with Gasteiger partial charge in [-0.15, -0.1) is 10.2 Å². The molecule has 2 rings (SSSR count). The first-order valence-corrected chi connectivity index (χ1v) is 9.01. The molecule has 25 heavy (non-hydrogen) atoms. The molecule has 0 radical (unpaired) electrons. The molecule has 0 bridgehead atoms. The van der Waals surface area contributed by atoms with E-state index in [0.717, 1.165) is 12.1 Å². The van der Waals surface area contributed by atoms with E-state index in [1.165, 1.54) is 17.3 Å². The third-order valence-electron chi connectivity index (χ3n) is 3.80. The number of amides is 2. The minimum Gasteiger partial charge on any atom is -0.370 e. The Hall–Kier alpha value is -2.35. The summed E-state index contributed by atoms with van der Waals surface area (Å²) in [6, 6.07) is 7.80. The molecule has 0 aliphatic rings. The highest BCUT2D eigenvalue weighted by Gasteiger charge is 2.19. The Balaban J connectivity index is 1.95. The molecule has 0 spiro atoms. The summed E-state index contributed by atoms with van der Waals surface area (Å²) in [5, 5.41) is 11.3. The van der Waals surface area contributed by atoms with Crippen molar-refractivity contribution in [1.29, 1.82) is 0 Å². The van der Waals surface area contributed by atoms with E-state index in [0.29, 0.717) is 17.4 Å². The number of hydrogen-bond donors (Lipinski definition) is 2. The summed E-state index contributed by atoms with van der Waals surface area (Å²) in [7, 11) is 1.81. The van der Waals surface area contributed by atoms with E-state index in [9.17, 15) is 9.59 Å². The van der Waals surface area contributed by atoms with Crippen molar-refractivity contribution < 1.29 is 9.59 Å². The van der Waals surface area contributed by atoms with Crippen molar-refractivity contribution >= 4 is 29.3 Å². The Morgan fingerprint density at radius 3 is 2.56 bits per heavy atom. The van der Waals surface area contributed by atoms with Crippen LogP contribution < -0.4 is 11.1 Å². The van der Waals surface area contributed by atoms with E-state index >= 15 is 0 Å². The zero-order chi connectivity index (χ0) is 18.4. The number of primary amides is 1. The monoisotopic (exact) mass is 361 g/mol. The first kappa shape index (κ1) is 19.0. The molecule has 0 aliphatic heterocycles. The highest BCUT2D eigenvalue weighted by molar-refractivity contribution is 8.00. The Kier molecular flexibility index (Phi) is 6.58. The molecule has 1 atom stereocenters. The van der Waals surface area contributed by atoms with Crippen molar-refractivity contribution in [2.75, 3.05) is 5.32 Å². The van der Waals surface area contributed by atoms with Gasteiger partial charge in [0.25, 0.3) is 0 Å². The number of aromatic nitrogens is 3. The molecule has 2 aromatic rings. The average Bonchev–Trinajstić information content (AvgIpc) is 2.93. The minimum atomic E-state index is -0.376. The Morgan fingerprint density at radius 1 is 1.28 bits per heavy atom. The van der Waals surface area contributed by atoms with Crippen molar-refractivity contribution in [2.45, 2.75) is 43.5 Å². The maximum atomic E-state index is 12.4. The average molecular weight is 361 g/mol. The summed E-state index contributed by atoms with van der Waals surface area (Å²) in [6.07, 6.45) is 1.62. The van der Waals surface area contributed by atoms with Gasteiger partial charge in [-0.2, -0.15) is 0 Å². The van der Waals surface area contributed by atoms with Gasteiger partial charge in [0.15, 0.2) is 5.16 Å². The molecule has 1 aromatic heterocycles. The highest BCUT2D eigenvalue weighted by Crippen LogP contribution is 2.23. The third kappa shape index (κ3) is 5.32. The van der Waals surface area contributed by atoms with Gasteiger partial charge in [0.05, 0.1) is 5.25 Å². The number of rotatable bonds is 8. The van der Waals surface area contributed by atoms with Crippen molar-refractivity contribution in [1.82, 2.24) is 14.8 Å². The lowest BCUT2D eigenvalue weighted by molar-refractivity contribution is -0.118. The number of thioether (sulfide) groups is 1. The molecule has 0 saturated heterocycles. The van der Waals surface area contributed by atoms with Gasteiger partial charge in [-0.3, -0.25) is 9.59 Å². The smallest absolute Gasteiger partial charge is 0.237 e. The number of hydrogen-bond acceptors (Lipinski definition) is 5. The van der Waals surface area contributed by atoms with Gasteiger partial charge in [0, 0.05) is 25.6 Å². The number of aryl methyl sites for hydroxylation is 2. The van der Waals surface area contributed by atoms with E-state index in [4.69, 9.17) is 5.73 Å². The topological polar surface area (TPSA) is 103 Å². The van der Waals surface area contributed by atoms with E-state index in [-0.39, 0.29) is 23.5 Å². The molecule has 1 aromatic carbocycles. The van der Waals surface area contributed by atoms with Crippen LogP contribution in [0.2, 0.25) is 0 Å². The summed E-state index contributed by atoms with van der Waals surface area (Å²) in [4.78, 5) is 23.2. The number of benzene rings is 1. The quantitative estimate of drug-likeness (QED) is 0.699. The SMILES string of the molecule is CCc1ccc(NC(=O)[C@@H](C)Sc2nnc(CCC(N)=O)n2C)cc1. The van der Waals surface area contributed by atoms with Crippen LogP contribution in [0.15, 0.2) is 29.4 Å². The molecule has 8 heteroatoms. The van der Waals surface area contributed by atoms with E-state index in [2.05, 4.69) is 22.4 Å². The second-order valence-electron chi connectivity index (χ2n) is 5.72. The Bertz CT molecular complexity index is 742. The molecule has 0 saturated carbocycles. The number of nitrogens with zero attached hydrogens (tertiary/aromatic N) is 3. The second-order valence-corrected chi connectivity index (χ2v) is 7.03. The lowest BCUT2D eigenvalue weighted by Crippen LogP contribution is -2.22. The van der Waals surface area contributed by atoms with Crippen LogP contribution in [0, 0.1) is 0 Å². The number of nitrogens with two attached hydrogens (primary N) is 1. The number of anilines is 1. The molecule has 134 valence electrons. The fourth-order valence-corrected chi connectivity index (χ4v) is 3.01. The first-order chi connectivity index (χ1) is 11.9. The fraction of sp³-hybridized carbons (Fsp3) is 0.412. The number of nitrogens with one attached hydrogen (secondary N) is 1. The number of carbonyl (C=O) groups is 2. The van der Waals surface area contributed by atoms with Crippen LogP contribution in [-0.2, 0) is 29.5 Å². The van der Waals surface area contributed by atoms with Gasteiger partial charge < -0.3 is 15.6 Å². The van der Waals surface area contributed by atoms with Crippen LogP contribution in [0.3, 0.4) is 0 Å². The third-order valence-corrected chi connectivity index (χ3v) is 4.94. The predicted molar refractivity (Wildman–Crippen MR) is 98.3 cm³/mol. The fourth-order valence-electron chi connectivity index (χ4n) is 2.18. The Labute approximate surface area is 151 Å². The zero-order valence-corrected chi connectivity index (χ0v) is 15.5. The molecule has 7 nitrogen and oxygen atoms in total. The van der Waals surface area contributed by atoms with Gasteiger partial charge >= 0.3 is 0 Å². The molecule has 3 N–H and O–H groups in total. The molecule has 1 heterocycles. The van der Waals surface area contributed by atoms with Crippen LogP contribution >= 0.6 is 11.8 Å². The molecular weight excluding hydrogens is 338 g/mol. The van der Waals surface area contributed by atoms with E-state index < -0.39 is 0 Å². The standard InChI is InChI=1S/C17H23N5O2S/c1-4-12-5-7-13(8-6-12)19-16(24)11(2)25-17-21-20-15(22(17)3)10-9-14(18)23/h5-8,11H,4,9-10H2,1-3H3,(H2,18,23)(H,19,24)/t11-/m1/s1. The summed E-state index contributed by atoms with van der Waals surface area (Å²) in [5.74, 6) is 0.194. The largest absolute Gasteiger partial charge is 0.370 e. The zero-order valence-electron chi connectivity index (χ0n) is 14.7. The molecule has 0 aliphatic carbocycles. The van der Waals surface area contributed by atoms with Gasteiger partial charge in [0.2, 0.25) is 11.8 Å². The van der Waals surface area contributed by atoms with Crippen molar-refractivity contribution in [3.63, 3.8) is 0 Å². The van der Waals surface area contributed by atoms with Crippen LogP contribution in [0.25, 0.3) is 0 Å². The molecule has 2 amide bonds. The molecule has 0 fully saturated rings. The lowest BCUT2D eigenvalue weighted by atomic mass is 10.1. The van der Waals surface area contributed by atoms with Crippen LogP contribution in [0.5, 0.6) is 0 Å². The maximum absolute atomic E-state index is 12.4. The minimum absolute atomic E-state index is 0.101. The lowest BCUT2D eigenvalue weighted by Gasteiger charge is -2.12. The summed E-state index contributed by atoms with van der Waals surface area (Å²) >= 11 is 1.32. The van der Waals surface area contributed by atoms with Gasteiger partial charge in [-0.1, -0.05) is 30.8 Å². The second kappa shape index (κ2) is 8.66. The van der Waals surface area contributed by atoms with Crippen LogP contribution in [0.1, 0.15) is 31.7 Å². The normalized spacial score (nSPS) is 12.0. The highest BCUT2D eigenvalue weighted by atomic mass is 32.2. The predicted octanol–water partition coefficient (Wildman–Crippen LogP) is 1.91. The molecule has 0 unspecified atom stereocenters. The van der Waals surface area contributed by atoms with Crippen LogP contribution in [0.4, 0.5) is 5.69 Å². The van der Waals surface area contributed by atoms with E-state index in [1.54, 1.807) is 4.57 Å². The van der Waals surface area contributed by atoms with Crippen LogP contribution in [-0.4, -0.2) is 31.8 Å². The van der Waals surface area contributed by atoms with Gasteiger partial charge in [-0.05, 0) is 31.0 Å². The van der Waals surface area contributed by atoms with Gasteiger partial charge in [0.1, 0.15) is 5.82 Å². The van der Waals surface area contributed by atoms with Crippen molar-refractivity contribution in [3.8, 4) is 0 Å².